The lowest BCUT2D eigenvalue weighted by Crippen LogP contribution is -2.30. The predicted molar refractivity (Wildman–Crippen MR) is 90.3 cm³/mol. The van der Waals surface area contributed by atoms with Crippen molar-refractivity contribution in [2.75, 3.05) is 13.1 Å². The first kappa shape index (κ1) is 15.8. The molecule has 1 saturated heterocycles. The molecule has 0 amide bonds. The van der Waals surface area contributed by atoms with Crippen molar-refractivity contribution in [1.29, 1.82) is 0 Å². The third-order valence-corrected chi connectivity index (χ3v) is 6.99. The van der Waals surface area contributed by atoms with Gasteiger partial charge in [-0.05, 0) is 50.3 Å². The fourth-order valence-corrected chi connectivity index (χ4v) is 5.11. The van der Waals surface area contributed by atoms with Gasteiger partial charge in [0.05, 0.1) is 16.6 Å². The zero-order valence-corrected chi connectivity index (χ0v) is 14.8. The minimum absolute atomic E-state index is 0.0740. The van der Waals surface area contributed by atoms with Crippen LogP contribution in [0.5, 0.6) is 0 Å². The maximum atomic E-state index is 13.0. The number of nitrogens with zero attached hydrogens (tertiary/aromatic N) is 4. The molecule has 0 spiro atoms. The molecule has 1 aromatic carbocycles. The summed E-state index contributed by atoms with van der Waals surface area (Å²) in [4.78, 5) is 0.417. The highest BCUT2D eigenvalue weighted by Crippen LogP contribution is 2.39. The second kappa shape index (κ2) is 5.67. The van der Waals surface area contributed by atoms with Crippen LogP contribution in [0, 0.1) is 13.8 Å². The molecule has 1 atom stereocenters. The molecule has 7 heteroatoms. The van der Waals surface area contributed by atoms with Crippen molar-refractivity contribution < 1.29 is 8.42 Å². The quantitative estimate of drug-likeness (QED) is 0.852. The van der Waals surface area contributed by atoms with Crippen molar-refractivity contribution in [3.63, 3.8) is 0 Å². The van der Waals surface area contributed by atoms with Gasteiger partial charge in [0, 0.05) is 25.2 Å². The Labute approximate surface area is 142 Å². The van der Waals surface area contributed by atoms with E-state index in [1.165, 1.54) is 12.8 Å². The van der Waals surface area contributed by atoms with Crippen molar-refractivity contribution in [3.8, 4) is 0 Å². The van der Waals surface area contributed by atoms with Gasteiger partial charge in [0.15, 0.2) is 0 Å². The minimum atomic E-state index is -3.46. The molecule has 1 aliphatic carbocycles. The smallest absolute Gasteiger partial charge is 0.243 e. The molecule has 128 valence electrons. The van der Waals surface area contributed by atoms with E-state index in [0.29, 0.717) is 23.9 Å². The largest absolute Gasteiger partial charge is 0.248 e. The average Bonchev–Trinajstić information content (AvgIpc) is 3.09. The third-order valence-electron chi connectivity index (χ3n) is 4.99. The van der Waals surface area contributed by atoms with E-state index in [2.05, 4.69) is 10.3 Å². The van der Waals surface area contributed by atoms with Crippen LogP contribution >= 0.6 is 0 Å². The van der Waals surface area contributed by atoms with Gasteiger partial charge in [-0.25, -0.2) is 13.1 Å². The molecule has 2 aromatic rings. The molecule has 6 nitrogen and oxygen atoms in total. The molecule has 4 rings (SSSR count). The summed E-state index contributed by atoms with van der Waals surface area (Å²) in [6.07, 6.45) is 5.15. The van der Waals surface area contributed by atoms with Crippen LogP contribution in [-0.2, 0) is 10.0 Å². The fraction of sp³-hybridized carbons (Fsp3) is 0.529. The van der Waals surface area contributed by atoms with E-state index in [4.69, 9.17) is 0 Å². The highest BCUT2D eigenvalue weighted by atomic mass is 32.2. The SMILES string of the molecule is Cc1ccc(C)c(S(=O)(=O)N2CCC(n3cc(C4CC4)nn3)C2)c1. The maximum Gasteiger partial charge on any atom is 0.243 e. The Morgan fingerprint density at radius 1 is 1.17 bits per heavy atom. The third kappa shape index (κ3) is 2.75. The van der Waals surface area contributed by atoms with Gasteiger partial charge >= 0.3 is 0 Å². The van der Waals surface area contributed by atoms with Gasteiger partial charge in [0.25, 0.3) is 0 Å². The standard InChI is InChI=1S/C17H22N4O2S/c1-12-3-4-13(2)17(9-12)24(22,23)20-8-7-15(10-20)21-11-16(18-19-21)14-5-6-14/h3-4,9,11,14-15H,5-8,10H2,1-2H3. The second-order valence-corrected chi connectivity index (χ2v) is 8.88. The summed E-state index contributed by atoms with van der Waals surface area (Å²) >= 11 is 0. The van der Waals surface area contributed by atoms with Gasteiger partial charge < -0.3 is 0 Å². The topological polar surface area (TPSA) is 68.1 Å². The molecule has 1 aliphatic heterocycles. The molecule has 1 unspecified atom stereocenters. The summed E-state index contributed by atoms with van der Waals surface area (Å²) in [6, 6.07) is 5.65. The summed E-state index contributed by atoms with van der Waals surface area (Å²) in [5.74, 6) is 0.565. The zero-order chi connectivity index (χ0) is 16.9. The first-order valence-electron chi connectivity index (χ1n) is 8.44. The van der Waals surface area contributed by atoms with Crippen LogP contribution in [0.25, 0.3) is 0 Å². The molecule has 24 heavy (non-hydrogen) atoms. The predicted octanol–water partition coefficient (Wildman–Crippen LogP) is 2.41. The van der Waals surface area contributed by atoms with Gasteiger partial charge in [-0.2, -0.15) is 4.31 Å². The maximum absolute atomic E-state index is 13.0. The molecule has 1 saturated carbocycles. The summed E-state index contributed by atoms with van der Waals surface area (Å²) in [7, 11) is -3.46. The average molecular weight is 346 g/mol. The van der Waals surface area contributed by atoms with E-state index in [1.807, 2.05) is 36.9 Å². The molecule has 2 aliphatic rings. The number of sulfonamides is 1. The first-order chi connectivity index (χ1) is 11.4. The lowest BCUT2D eigenvalue weighted by molar-refractivity contribution is 0.428. The Hall–Kier alpha value is -1.73. The van der Waals surface area contributed by atoms with Crippen LogP contribution in [0.1, 0.15) is 48.0 Å². The fourth-order valence-electron chi connectivity index (χ4n) is 3.30. The molecule has 0 radical (unpaired) electrons. The van der Waals surface area contributed by atoms with Crippen molar-refractivity contribution >= 4 is 10.0 Å². The van der Waals surface area contributed by atoms with E-state index in [0.717, 1.165) is 23.2 Å². The van der Waals surface area contributed by atoms with Gasteiger partial charge in [-0.15, -0.1) is 5.10 Å². The molecular weight excluding hydrogens is 324 g/mol. The summed E-state index contributed by atoms with van der Waals surface area (Å²) in [5.41, 5.74) is 2.80. The van der Waals surface area contributed by atoms with Crippen molar-refractivity contribution in [2.24, 2.45) is 0 Å². The first-order valence-corrected chi connectivity index (χ1v) is 9.88. The highest BCUT2D eigenvalue weighted by Gasteiger charge is 2.35. The van der Waals surface area contributed by atoms with Gasteiger partial charge in [0.2, 0.25) is 10.0 Å². The second-order valence-electron chi connectivity index (χ2n) is 6.97. The molecule has 0 N–H and O–H groups in total. The van der Waals surface area contributed by atoms with Crippen LogP contribution in [0.15, 0.2) is 29.3 Å². The molecular formula is C17H22N4O2S. The lowest BCUT2D eigenvalue weighted by Gasteiger charge is -2.18. The number of hydrogen-bond donors (Lipinski definition) is 0. The highest BCUT2D eigenvalue weighted by molar-refractivity contribution is 7.89. The lowest BCUT2D eigenvalue weighted by atomic mass is 10.2. The van der Waals surface area contributed by atoms with Crippen LogP contribution in [0.3, 0.4) is 0 Å². The number of benzene rings is 1. The Morgan fingerprint density at radius 3 is 2.71 bits per heavy atom. The number of aryl methyl sites for hydroxylation is 2. The summed E-state index contributed by atoms with van der Waals surface area (Å²) < 4.78 is 29.4. The Kier molecular flexibility index (Phi) is 3.73. The summed E-state index contributed by atoms with van der Waals surface area (Å²) in [6.45, 7) is 4.75. The van der Waals surface area contributed by atoms with E-state index in [1.54, 1.807) is 10.4 Å². The van der Waals surface area contributed by atoms with Gasteiger partial charge in [-0.1, -0.05) is 17.3 Å². The van der Waals surface area contributed by atoms with E-state index in [-0.39, 0.29) is 6.04 Å². The van der Waals surface area contributed by atoms with Crippen LogP contribution in [-0.4, -0.2) is 40.8 Å². The van der Waals surface area contributed by atoms with Crippen LogP contribution in [0.4, 0.5) is 0 Å². The Bertz CT molecular complexity index is 870. The molecule has 0 bridgehead atoms. The Balaban J connectivity index is 1.55. The van der Waals surface area contributed by atoms with E-state index in [9.17, 15) is 8.42 Å². The van der Waals surface area contributed by atoms with E-state index >= 15 is 0 Å². The van der Waals surface area contributed by atoms with Crippen LogP contribution in [0.2, 0.25) is 0 Å². The van der Waals surface area contributed by atoms with Crippen molar-refractivity contribution in [1.82, 2.24) is 19.3 Å². The normalized spacial score (nSPS) is 22.2. The minimum Gasteiger partial charge on any atom is -0.248 e. The van der Waals surface area contributed by atoms with Gasteiger partial charge in [0.1, 0.15) is 0 Å². The molecule has 2 heterocycles. The van der Waals surface area contributed by atoms with Gasteiger partial charge in [-0.3, -0.25) is 0 Å². The molecule has 1 aromatic heterocycles. The number of hydrogen-bond acceptors (Lipinski definition) is 4. The zero-order valence-electron chi connectivity index (χ0n) is 14.0. The number of rotatable bonds is 4. The Morgan fingerprint density at radius 2 is 1.96 bits per heavy atom. The monoisotopic (exact) mass is 346 g/mol. The molecule has 2 fully saturated rings. The number of aromatic nitrogens is 3. The summed E-state index contributed by atoms with van der Waals surface area (Å²) in [5, 5.41) is 8.46. The van der Waals surface area contributed by atoms with Crippen LogP contribution < -0.4 is 0 Å². The van der Waals surface area contributed by atoms with E-state index < -0.39 is 10.0 Å². The van der Waals surface area contributed by atoms with Crippen molar-refractivity contribution in [3.05, 3.63) is 41.2 Å². The van der Waals surface area contributed by atoms with Crippen molar-refractivity contribution in [2.45, 2.75) is 50.0 Å².